The summed E-state index contributed by atoms with van der Waals surface area (Å²) >= 11 is 0. The number of aromatic hydroxyl groups is 1. The molecule has 0 aliphatic carbocycles. The van der Waals surface area contributed by atoms with E-state index < -0.39 is 5.95 Å². The van der Waals surface area contributed by atoms with E-state index in [0.717, 1.165) is 5.56 Å². The van der Waals surface area contributed by atoms with Crippen molar-refractivity contribution in [2.24, 2.45) is 0 Å². The van der Waals surface area contributed by atoms with Crippen molar-refractivity contribution >= 4 is 5.69 Å². The number of anilines is 1. The number of aliphatic hydroxyl groups excluding tert-OH is 1. The van der Waals surface area contributed by atoms with Crippen LogP contribution in [-0.2, 0) is 4.84 Å². The van der Waals surface area contributed by atoms with Crippen LogP contribution >= 0.6 is 0 Å². The Morgan fingerprint density at radius 1 is 1.54 bits per heavy atom. The molecular weight excluding hydrogens is 170 g/mol. The van der Waals surface area contributed by atoms with E-state index in [0.29, 0.717) is 5.69 Å². The third kappa shape index (κ3) is 2.59. The third-order valence-corrected chi connectivity index (χ3v) is 1.50. The number of aliphatic hydroxyl groups is 1. The molecule has 0 fully saturated rings. The molecule has 4 heteroatoms. The lowest BCUT2D eigenvalue weighted by atomic mass is 10.2. The van der Waals surface area contributed by atoms with Crippen molar-refractivity contribution in [1.82, 2.24) is 0 Å². The smallest absolute Gasteiger partial charge is 0.296 e. The molecule has 70 valence electrons. The van der Waals surface area contributed by atoms with Gasteiger partial charge in [-0.05, 0) is 25.1 Å². The first kappa shape index (κ1) is 9.25. The van der Waals surface area contributed by atoms with Crippen LogP contribution in [0.5, 0.6) is 5.75 Å². The standard InChI is InChI=1S/C9H11NO3/c1-6-3-4-8(5-9(6)12)10-13-7(2)11/h3-5,10-12H,2H2,1H3. The summed E-state index contributed by atoms with van der Waals surface area (Å²) in [4.78, 5) is 4.52. The Kier molecular flexibility index (Phi) is 2.64. The Hall–Kier alpha value is -1.84. The maximum absolute atomic E-state index is 9.28. The summed E-state index contributed by atoms with van der Waals surface area (Å²) in [5.41, 5.74) is 3.71. The van der Waals surface area contributed by atoms with Gasteiger partial charge in [0.2, 0.25) is 0 Å². The van der Waals surface area contributed by atoms with E-state index in [2.05, 4.69) is 16.9 Å². The van der Waals surface area contributed by atoms with E-state index in [1.165, 1.54) is 6.07 Å². The van der Waals surface area contributed by atoms with Crippen LogP contribution < -0.4 is 5.48 Å². The highest BCUT2D eigenvalue weighted by atomic mass is 16.7. The molecule has 0 atom stereocenters. The SMILES string of the molecule is C=C(O)ONc1ccc(C)c(O)c1. The lowest BCUT2D eigenvalue weighted by Gasteiger charge is -2.06. The van der Waals surface area contributed by atoms with Crippen molar-refractivity contribution in [2.75, 3.05) is 5.48 Å². The van der Waals surface area contributed by atoms with Gasteiger partial charge in [-0.3, -0.25) is 0 Å². The molecule has 1 rings (SSSR count). The van der Waals surface area contributed by atoms with Crippen molar-refractivity contribution in [3.05, 3.63) is 36.3 Å². The monoisotopic (exact) mass is 181 g/mol. The van der Waals surface area contributed by atoms with E-state index in [-0.39, 0.29) is 5.75 Å². The van der Waals surface area contributed by atoms with Gasteiger partial charge in [-0.2, -0.15) is 0 Å². The molecule has 0 radical (unpaired) electrons. The molecule has 0 unspecified atom stereocenters. The predicted molar refractivity (Wildman–Crippen MR) is 49.3 cm³/mol. The van der Waals surface area contributed by atoms with Gasteiger partial charge in [0.05, 0.1) is 5.69 Å². The minimum Gasteiger partial charge on any atom is -0.508 e. The second kappa shape index (κ2) is 3.71. The molecule has 0 heterocycles. The zero-order valence-electron chi connectivity index (χ0n) is 7.24. The van der Waals surface area contributed by atoms with Gasteiger partial charge in [-0.1, -0.05) is 6.07 Å². The maximum atomic E-state index is 9.28. The summed E-state index contributed by atoms with van der Waals surface area (Å²) < 4.78 is 0. The normalized spacial score (nSPS) is 9.31. The quantitative estimate of drug-likeness (QED) is 0.493. The van der Waals surface area contributed by atoms with Crippen LogP contribution in [0.25, 0.3) is 0 Å². The van der Waals surface area contributed by atoms with E-state index in [1.54, 1.807) is 19.1 Å². The molecule has 1 aromatic rings. The number of benzene rings is 1. The Bertz CT molecular complexity index is 323. The van der Waals surface area contributed by atoms with Gasteiger partial charge >= 0.3 is 0 Å². The van der Waals surface area contributed by atoms with Crippen LogP contribution in [0.15, 0.2) is 30.7 Å². The molecule has 1 aromatic carbocycles. The summed E-state index contributed by atoms with van der Waals surface area (Å²) in [5, 5.41) is 17.9. The Balaban J connectivity index is 2.68. The van der Waals surface area contributed by atoms with Crippen LogP contribution in [-0.4, -0.2) is 10.2 Å². The molecule has 4 nitrogen and oxygen atoms in total. The van der Waals surface area contributed by atoms with E-state index in [1.807, 2.05) is 0 Å². The number of phenolic OH excluding ortho intramolecular Hbond substituents is 1. The molecule has 0 aromatic heterocycles. The highest BCUT2D eigenvalue weighted by molar-refractivity contribution is 5.49. The molecule has 0 aliphatic rings. The lowest BCUT2D eigenvalue weighted by Crippen LogP contribution is -1.99. The Morgan fingerprint density at radius 2 is 2.23 bits per heavy atom. The number of nitrogens with one attached hydrogen (secondary N) is 1. The van der Waals surface area contributed by atoms with Crippen LogP contribution in [0, 0.1) is 6.92 Å². The summed E-state index contributed by atoms with van der Waals surface area (Å²) in [7, 11) is 0. The molecule has 0 amide bonds. The van der Waals surface area contributed by atoms with Gasteiger partial charge in [0, 0.05) is 6.07 Å². The molecule has 0 saturated carbocycles. The Labute approximate surface area is 76.0 Å². The lowest BCUT2D eigenvalue weighted by molar-refractivity contribution is 0.136. The van der Waals surface area contributed by atoms with Crippen molar-refractivity contribution in [1.29, 1.82) is 0 Å². The molecule has 0 aliphatic heterocycles. The third-order valence-electron chi connectivity index (χ3n) is 1.50. The zero-order valence-corrected chi connectivity index (χ0v) is 7.24. The van der Waals surface area contributed by atoms with Gasteiger partial charge < -0.3 is 15.1 Å². The number of phenols is 1. The highest BCUT2D eigenvalue weighted by Gasteiger charge is 1.98. The molecular formula is C9H11NO3. The first-order valence-electron chi connectivity index (χ1n) is 3.70. The number of hydrogen-bond donors (Lipinski definition) is 3. The fourth-order valence-electron chi connectivity index (χ4n) is 0.791. The van der Waals surface area contributed by atoms with E-state index >= 15 is 0 Å². The first-order chi connectivity index (χ1) is 6.09. The molecule has 13 heavy (non-hydrogen) atoms. The van der Waals surface area contributed by atoms with Crippen LogP contribution in [0.3, 0.4) is 0 Å². The Morgan fingerprint density at radius 3 is 2.77 bits per heavy atom. The second-order valence-corrected chi connectivity index (χ2v) is 2.60. The molecule has 3 N–H and O–H groups in total. The molecule has 0 bridgehead atoms. The topological polar surface area (TPSA) is 61.7 Å². The molecule has 0 spiro atoms. The van der Waals surface area contributed by atoms with Gasteiger partial charge in [-0.15, -0.1) is 0 Å². The average molecular weight is 181 g/mol. The number of aryl methyl sites for hydroxylation is 1. The largest absolute Gasteiger partial charge is 0.508 e. The van der Waals surface area contributed by atoms with Crippen LogP contribution in [0.1, 0.15) is 5.56 Å². The number of rotatable bonds is 3. The van der Waals surface area contributed by atoms with Crippen molar-refractivity contribution in [3.8, 4) is 5.75 Å². The first-order valence-corrected chi connectivity index (χ1v) is 3.70. The minimum absolute atomic E-state index is 0.164. The van der Waals surface area contributed by atoms with Crippen molar-refractivity contribution < 1.29 is 15.1 Å². The van der Waals surface area contributed by atoms with Gasteiger partial charge in [-0.25, -0.2) is 5.48 Å². The fourth-order valence-corrected chi connectivity index (χ4v) is 0.791. The van der Waals surface area contributed by atoms with Crippen molar-refractivity contribution in [2.45, 2.75) is 6.92 Å². The fraction of sp³-hybridized carbons (Fsp3) is 0.111. The number of hydrogen-bond acceptors (Lipinski definition) is 4. The van der Waals surface area contributed by atoms with Crippen LogP contribution in [0.2, 0.25) is 0 Å². The van der Waals surface area contributed by atoms with Gasteiger partial charge in [0.1, 0.15) is 5.75 Å². The van der Waals surface area contributed by atoms with E-state index in [4.69, 9.17) is 5.11 Å². The summed E-state index contributed by atoms with van der Waals surface area (Å²) in [6, 6.07) is 4.91. The minimum atomic E-state index is -0.430. The van der Waals surface area contributed by atoms with Crippen molar-refractivity contribution in [3.63, 3.8) is 0 Å². The average Bonchev–Trinajstić information content (AvgIpc) is 2.07. The summed E-state index contributed by atoms with van der Waals surface area (Å²) in [5.74, 6) is -0.266. The maximum Gasteiger partial charge on any atom is 0.296 e. The van der Waals surface area contributed by atoms with Gasteiger partial charge in [0.15, 0.2) is 0 Å². The van der Waals surface area contributed by atoms with Gasteiger partial charge in [0.25, 0.3) is 5.95 Å². The predicted octanol–water partition coefficient (Wildman–Crippen LogP) is 2.07. The summed E-state index contributed by atoms with van der Waals surface area (Å²) in [6.07, 6.45) is 0. The van der Waals surface area contributed by atoms with E-state index in [9.17, 15) is 5.11 Å². The van der Waals surface area contributed by atoms with Crippen LogP contribution in [0.4, 0.5) is 5.69 Å². The highest BCUT2D eigenvalue weighted by Crippen LogP contribution is 2.20. The second-order valence-electron chi connectivity index (χ2n) is 2.60. The molecule has 0 saturated heterocycles. The zero-order chi connectivity index (χ0) is 9.84. The summed E-state index contributed by atoms with van der Waals surface area (Å²) in [6.45, 7) is 4.90.